The van der Waals surface area contributed by atoms with Crippen LogP contribution >= 0.6 is 0 Å². The lowest BCUT2D eigenvalue weighted by molar-refractivity contribution is -0.278. The van der Waals surface area contributed by atoms with E-state index in [1.165, 1.54) is 24.3 Å². The second-order valence-electron chi connectivity index (χ2n) is 7.87. The van der Waals surface area contributed by atoms with Gasteiger partial charge in [-0.3, -0.25) is 0 Å². The Morgan fingerprint density at radius 3 is 1.00 bits per heavy atom. The minimum absolute atomic E-state index is 0.239. The van der Waals surface area contributed by atoms with E-state index in [9.17, 15) is 26.3 Å². The van der Waals surface area contributed by atoms with Crippen LogP contribution in [0.5, 0.6) is 23.0 Å². The highest BCUT2D eigenvalue weighted by Gasteiger charge is 2.72. The van der Waals surface area contributed by atoms with Crippen LogP contribution < -0.4 is 20.1 Å². The standard InChI is InChI=1S/C27H20F6N2O2/c28-26(29,30)25(27(31,32)33,34-19-11-15-23(16-12-19)36-21-7-3-1-4-8-21)35-20-13-17-24(18-14-20)37-22-9-5-2-6-10-22/h1-18,34-35H. The summed E-state index contributed by atoms with van der Waals surface area (Å²) in [7, 11) is 0. The van der Waals surface area contributed by atoms with Gasteiger partial charge in [-0.2, -0.15) is 26.3 Å². The highest BCUT2D eigenvalue weighted by atomic mass is 19.4. The Labute approximate surface area is 208 Å². The summed E-state index contributed by atoms with van der Waals surface area (Å²) < 4.78 is 95.6. The molecule has 0 saturated heterocycles. The number of nitrogens with one attached hydrogen (secondary N) is 2. The van der Waals surface area contributed by atoms with Gasteiger partial charge in [0.05, 0.1) is 0 Å². The van der Waals surface area contributed by atoms with Crippen LogP contribution in [0, 0.1) is 0 Å². The molecule has 37 heavy (non-hydrogen) atoms. The molecule has 0 aliphatic heterocycles. The molecule has 0 atom stereocenters. The van der Waals surface area contributed by atoms with Crippen molar-refractivity contribution in [3.05, 3.63) is 109 Å². The van der Waals surface area contributed by atoms with Crippen LogP contribution in [0.15, 0.2) is 109 Å². The summed E-state index contributed by atoms with van der Waals surface area (Å²) in [6.07, 6.45) is -11.5. The topological polar surface area (TPSA) is 42.5 Å². The summed E-state index contributed by atoms with van der Waals surface area (Å²) in [5, 5.41) is 3.24. The van der Waals surface area contributed by atoms with Crippen LogP contribution in [0.2, 0.25) is 0 Å². The number of alkyl halides is 6. The van der Waals surface area contributed by atoms with Crippen LogP contribution in [0.3, 0.4) is 0 Å². The van der Waals surface area contributed by atoms with Gasteiger partial charge >= 0.3 is 18.0 Å². The average Bonchev–Trinajstić information content (AvgIpc) is 2.86. The van der Waals surface area contributed by atoms with E-state index in [1.807, 2.05) is 0 Å². The summed E-state index contributed by atoms with van der Waals surface area (Å²) in [5.41, 5.74) is -5.33. The van der Waals surface area contributed by atoms with E-state index in [0.717, 1.165) is 24.3 Å². The minimum atomic E-state index is -5.77. The fourth-order valence-corrected chi connectivity index (χ4v) is 3.37. The van der Waals surface area contributed by atoms with Crippen molar-refractivity contribution >= 4 is 11.4 Å². The number of rotatable bonds is 8. The van der Waals surface area contributed by atoms with Gasteiger partial charge < -0.3 is 20.1 Å². The highest BCUT2D eigenvalue weighted by Crippen LogP contribution is 2.46. The number of anilines is 2. The highest BCUT2D eigenvalue weighted by molar-refractivity contribution is 5.56. The Morgan fingerprint density at radius 1 is 0.405 bits per heavy atom. The third kappa shape index (κ3) is 6.08. The Kier molecular flexibility index (Phi) is 7.19. The Bertz CT molecular complexity index is 1170. The molecule has 0 bridgehead atoms. The first-order valence-electron chi connectivity index (χ1n) is 10.9. The van der Waals surface area contributed by atoms with Crippen LogP contribution in [-0.4, -0.2) is 18.0 Å². The Hall–Kier alpha value is -4.34. The number of para-hydroxylation sites is 2. The van der Waals surface area contributed by atoms with Crippen molar-refractivity contribution < 1.29 is 35.8 Å². The van der Waals surface area contributed by atoms with E-state index in [0.29, 0.717) is 11.5 Å². The molecule has 0 saturated carbocycles. The molecule has 0 amide bonds. The predicted molar refractivity (Wildman–Crippen MR) is 128 cm³/mol. The SMILES string of the molecule is FC(F)(F)C(Nc1ccc(Oc2ccccc2)cc1)(Nc1ccc(Oc2ccccc2)cc1)C(F)(F)F. The molecule has 4 rings (SSSR count). The van der Waals surface area contributed by atoms with Gasteiger partial charge in [-0.15, -0.1) is 0 Å². The van der Waals surface area contributed by atoms with Crippen molar-refractivity contribution in [3.8, 4) is 23.0 Å². The third-order valence-electron chi connectivity index (χ3n) is 5.18. The molecule has 0 radical (unpaired) electrons. The number of ether oxygens (including phenoxy) is 2. The molecule has 0 spiro atoms. The van der Waals surface area contributed by atoms with E-state index in [-0.39, 0.29) is 11.5 Å². The fraction of sp³-hybridized carbons (Fsp3) is 0.111. The van der Waals surface area contributed by atoms with Crippen LogP contribution in [0.1, 0.15) is 0 Å². The summed E-state index contributed by atoms with van der Waals surface area (Å²) in [6, 6.07) is 26.4. The fourth-order valence-electron chi connectivity index (χ4n) is 3.37. The van der Waals surface area contributed by atoms with Crippen molar-refractivity contribution in [1.29, 1.82) is 0 Å². The molecule has 10 heteroatoms. The van der Waals surface area contributed by atoms with Crippen molar-refractivity contribution in [2.75, 3.05) is 10.6 Å². The van der Waals surface area contributed by atoms with Crippen LogP contribution in [-0.2, 0) is 0 Å². The average molecular weight is 518 g/mol. The van der Waals surface area contributed by atoms with E-state index < -0.39 is 29.4 Å². The smallest absolute Gasteiger partial charge is 0.439 e. The first-order chi connectivity index (χ1) is 17.6. The lowest BCUT2D eigenvalue weighted by atomic mass is 10.1. The zero-order chi connectivity index (χ0) is 26.5. The minimum Gasteiger partial charge on any atom is -0.457 e. The molecular formula is C27H20F6N2O2. The van der Waals surface area contributed by atoms with E-state index in [1.54, 1.807) is 71.3 Å². The van der Waals surface area contributed by atoms with Crippen LogP contribution in [0.25, 0.3) is 0 Å². The second-order valence-corrected chi connectivity index (χ2v) is 7.87. The van der Waals surface area contributed by atoms with Gasteiger partial charge in [0.15, 0.2) is 0 Å². The van der Waals surface area contributed by atoms with Gasteiger partial charge in [0.25, 0.3) is 0 Å². The monoisotopic (exact) mass is 518 g/mol. The first-order valence-corrected chi connectivity index (χ1v) is 10.9. The zero-order valence-electron chi connectivity index (χ0n) is 19.0. The van der Waals surface area contributed by atoms with Gasteiger partial charge in [-0.05, 0) is 72.8 Å². The molecule has 4 aromatic rings. The van der Waals surface area contributed by atoms with Crippen molar-refractivity contribution in [2.45, 2.75) is 18.0 Å². The van der Waals surface area contributed by atoms with Gasteiger partial charge in [-0.25, -0.2) is 0 Å². The van der Waals surface area contributed by atoms with Crippen molar-refractivity contribution in [1.82, 2.24) is 0 Å². The maximum atomic E-state index is 14.1. The number of hydrogen-bond acceptors (Lipinski definition) is 4. The molecule has 192 valence electrons. The summed E-state index contributed by atoms with van der Waals surface area (Å²) in [6.45, 7) is 0. The van der Waals surface area contributed by atoms with Crippen LogP contribution in [0.4, 0.5) is 37.7 Å². The third-order valence-corrected chi connectivity index (χ3v) is 5.18. The predicted octanol–water partition coefficient (Wildman–Crippen LogP) is 8.62. The molecule has 0 aliphatic carbocycles. The molecule has 0 aliphatic rings. The molecule has 0 unspecified atom stereocenters. The van der Waals surface area contributed by atoms with E-state index in [4.69, 9.17) is 9.47 Å². The van der Waals surface area contributed by atoms with Gasteiger partial charge in [0.1, 0.15) is 23.0 Å². The molecule has 4 aromatic carbocycles. The maximum Gasteiger partial charge on any atom is 0.439 e. The molecule has 0 aromatic heterocycles. The molecule has 0 heterocycles. The summed E-state index contributed by atoms with van der Waals surface area (Å²) in [4.78, 5) is 0. The quantitative estimate of drug-likeness (QED) is 0.181. The lowest BCUT2D eigenvalue weighted by Crippen LogP contribution is -2.67. The largest absolute Gasteiger partial charge is 0.457 e. The Balaban J connectivity index is 1.57. The molecule has 2 N–H and O–H groups in total. The Morgan fingerprint density at radius 2 is 0.703 bits per heavy atom. The van der Waals surface area contributed by atoms with Crippen molar-refractivity contribution in [3.63, 3.8) is 0 Å². The van der Waals surface area contributed by atoms with Gasteiger partial charge in [-0.1, -0.05) is 36.4 Å². The van der Waals surface area contributed by atoms with E-state index >= 15 is 0 Å². The number of halogens is 6. The molecule has 0 fully saturated rings. The summed E-state index contributed by atoms with van der Waals surface area (Å²) >= 11 is 0. The molecule has 4 nitrogen and oxygen atoms in total. The zero-order valence-corrected chi connectivity index (χ0v) is 19.0. The maximum absolute atomic E-state index is 14.1. The normalized spacial score (nSPS) is 12.1. The first kappa shape index (κ1) is 25.7. The molecular weight excluding hydrogens is 498 g/mol. The number of benzene rings is 4. The van der Waals surface area contributed by atoms with Gasteiger partial charge in [0.2, 0.25) is 0 Å². The van der Waals surface area contributed by atoms with Gasteiger partial charge in [0, 0.05) is 11.4 Å². The second kappa shape index (κ2) is 10.3. The summed E-state index contributed by atoms with van der Waals surface area (Å²) in [5.74, 6) is 1.40. The van der Waals surface area contributed by atoms with Crippen molar-refractivity contribution in [2.24, 2.45) is 0 Å². The lowest BCUT2D eigenvalue weighted by Gasteiger charge is -2.39. The van der Waals surface area contributed by atoms with E-state index in [2.05, 4.69) is 0 Å². The number of hydrogen-bond donors (Lipinski definition) is 2.